The third-order valence-corrected chi connectivity index (χ3v) is 6.13. The molecular weight excluding hydrogens is 346 g/mol. The third kappa shape index (κ3) is 3.98. The van der Waals surface area contributed by atoms with Crippen molar-refractivity contribution in [3.8, 4) is 0 Å². The van der Waals surface area contributed by atoms with Gasteiger partial charge in [0.05, 0.1) is 0 Å². The van der Waals surface area contributed by atoms with Gasteiger partial charge >= 0.3 is 5.97 Å². The minimum Gasteiger partial charge on any atom is -0.448 e. The smallest absolute Gasteiger partial charge is 0.349 e. The van der Waals surface area contributed by atoms with Gasteiger partial charge in [0.25, 0.3) is 5.91 Å². The molecule has 1 aromatic heterocycles. The Morgan fingerprint density at radius 2 is 1.96 bits per heavy atom. The average Bonchev–Trinajstić information content (AvgIpc) is 3.01. The van der Waals surface area contributed by atoms with Gasteiger partial charge in [-0.3, -0.25) is 4.79 Å². The van der Waals surface area contributed by atoms with Crippen LogP contribution in [0.1, 0.15) is 51.5 Å². The van der Waals surface area contributed by atoms with Crippen molar-refractivity contribution in [1.29, 1.82) is 0 Å². The summed E-state index contributed by atoms with van der Waals surface area (Å²) >= 11 is 1.50. The molecule has 1 aromatic carbocycles. The Balaban J connectivity index is 1.65. The number of carbonyl (C=O) groups excluding carboxylic acids is 2. The maximum Gasteiger partial charge on any atom is 0.349 e. The van der Waals surface area contributed by atoms with E-state index >= 15 is 0 Å². The number of amides is 1. The van der Waals surface area contributed by atoms with Gasteiger partial charge in [0, 0.05) is 10.6 Å². The molecule has 4 nitrogen and oxygen atoms in total. The number of nitrogens with one attached hydrogen (secondary N) is 1. The van der Waals surface area contributed by atoms with E-state index in [2.05, 4.69) is 12.2 Å². The molecule has 0 radical (unpaired) electrons. The number of benzene rings is 1. The largest absolute Gasteiger partial charge is 0.448 e. The Morgan fingerprint density at radius 1 is 1.27 bits per heavy atom. The Kier molecular flexibility index (Phi) is 5.47. The van der Waals surface area contributed by atoms with E-state index in [1.54, 1.807) is 6.92 Å². The first-order chi connectivity index (χ1) is 12.3. The molecule has 26 heavy (non-hydrogen) atoms. The highest BCUT2D eigenvalue weighted by Gasteiger charge is 2.24. The number of para-hydroxylation sites is 1. The van der Waals surface area contributed by atoms with Crippen molar-refractivity contribution in [2.75, 3.05) is 5.32 Å². The first-order valence-electron chi connectivity index (χ1n) is 9.04. The second-order valence-electron chi connectivity index (χ2n) is 7.21. The summed E-state index contributed by atoms with van der Waals surface area (Å²) in [6.45, 7) is 7.72. The Morgan fingerprint density at radius 3 is 2.65 bits per heavy atom. The number of fused-ring (bicyclic) bond motifs is 1. The van der Waals surface area contributed by atoms with E-state index in [1.165, 1.54) is 21.8 Å². The number of ether oxygens (including phenoxy) is 1. The van der Waals surface area contributed by atoms with Crippen LogP contribution in [0.3, 0.4) is 0 Å². The molecule has 1 amide bonds. The van der Waals surface area contributed by atoms with Gasteiger partial charge in [-0.25, -0.2) is 4.79 Å². The summed E-state index contributed by atoms with van der Waals surface area (Å²) in [6, 6.07) is 7.77. The molecular formula is C21H25NO3S. The van der Waals surface area contributed by atoms with Gasteiger partial charge in [0.1, 0.15) is 4.88 Å². The van der Waals surface area contributed by atoms with Crippen molar-refractivity contribution >= 4 is 28.9 Å². The maximum atomic E-state index is 12.5. The summed E-state index contributed by atoms with van der Waals surface area (Å²) in [5.41, 5.74) is 4.00. The molecule has 0 unspecified atom stereocenters. The molecule has 1 aliphatic rings. The molecule has 0 bridgehead atoms. The topological polar surface area (TPSA) is 55.4 Å². The zero-order chi connectivity index (χ0) is 18.8. The predicted molar refractivity (Wildman–Crippen MR) is 105 cm³/mol. The van der Waals surface area contributed by atoms with Crippen LogP contribution in [0.15, 0.2) is 24.3 Å². The lowest BCUT2D eigenvalue weighted by Gasteiger charge is -2.16. The normalized spacial score (nSPS) is 17.3. The van der Waals surface area contributed by atoms with E-state index < -0.39 is 12.1 Å². The summed E-state index contributed by atoms with van der Waals surface area (Å²) in [4.78, 5) is 26.8. The number of hydrogen-bond acceptors (Lipinski definition) is 4. The molecule has 1 heterocycles. The van der Waals surface area contributed by atoms with E-state index in [0.717, 1.165) is 36.1 Å². The molecule has 3 rings (SSSR count). The van der Waals surface area contributed by atoms with Gasteiger partial charge in [0.2, 0.25) is 0 Å². The van der Waals surface area contributed by atoms with Crippen molar-refractivity contribution < 1.29 is 14.3 Å². The molecule has 138 valence electrons. The van der Waals surface area contributed by atoms with Crippen molar-refractivity contribution in [3.63, 3.8) is 0 Å². The predicted octanol–water partition coefficient (Wildman–Crippen LogP) is 4.67. The Labute approximate surface area is 158 Å². The van der Waals surface area contributed by atoms with Crippen LogP contribution in [0.4, 0.5) is 5.69 Å². The van der Waals surface area contributed by atoms with E-state index in [9.17, 15) is 9.59 Å². The summed E-state index contributed by atoms with van der Waals surface area (Å²) in [7, 11) is 0. The molecule has 2 atom stereocenters. The van der Waals surface area contributed by atoms with Gasteiger partial charge in [-0.15, -0.1) is 11.3 Å². The maximum absolute atomic E-state index is 12.5. The number of anilines is 1. The lowest BCUT2D eigenvalue weighted by molar-refractivity contribution is -0.123. The molecule has 0 fully saturated rings. The van der Waals surface area contributed by atoms with Gasteiger partial charge in [-0.1, -0.05) is 25.1 Å². The fraction of sp³-hybridized carbons (Fsp3) is 0.429. The van der Waals surface area contributed by atoms with Crippen LogP contribution in [-0.4, -0.2) is 18.0 Å². The Bertz CT molecular complexity index is 820. The number of hydrogen-bond donors (Lipinski definition) is 1. The summed E-state index contributed by atoms with van der Waals surface area (Å²) in [5.74, 6) is -0.0741. The van der Waals surface area contributed by atoms with Gasteiger partial charge in [-0.2, -0.15) is 0 Å². The molecule has 0 saturated heterocycles. The fourth-order valence-electron chi connectivity index (χ4n) is 3.32. The van der Waals surface area contributed by atoms with Crippen LogP contribution >= 0.6 is 11.3 Å². The summed E-state index contributed by atoms with van der Waals surface area (Å²) in [5, 5.41) is 2.88. The Hall–Kier alpha value is -2.14. The molecule has 5 heteroatoms. The second-order valence-corrected chi connectivity index (χ2v) is 8.35. The minimum atomic E-state index is -0.848. The molecule has 1 N–H and O–H groups in total. The van der Waals surface area contributed by atoms with Crippen LogP contribution in [-0.2, 0) is 22.4 Å². The number of rotatable bonds is 4. The van der Waals surface area contributed by atoms with Crippen LogP contribution in [0.5, 0.6) is 0 Å². The number of thiophene rings is 1. The van der Waals surface area contributed by atoms with Crippen LogP contribution < -0.4 is 5.32 Å². The number of esters is 1. The fourth-order valence-corrected chi connectivity index (χ4v) is 4.41. The zero-order valence-electron chi connectivity index (χ0n) is 15.7. The first kappa shape index (κ1) is 18.6. The molecule has 0 spiro atoms. The van der Waals surface area contributed by atoms with Crippen LogP contribution in [0.25, 0.3) is 0 Å². The quantitative estimate of drug-likeness (QED) is 0.795. The number of aryl methyl sites for hydroxylation is 3. The van der Waals surface area contributed by atoms with Crippen molar-refractivity contribution in [2.45, 2.75) is 53.1 Å². The minimum absolute atomic E-state index is 0.314. The zero-order valence-corrected chi connectivity index (χ0v) is 16.5. The second kappa shape index (κ2) is 7.62. The summed E-state index contributed by atoms with van der Waals surface area (Å²) < 4.78 is 5.41. The molecule has 0 aliphatic heterocycles. The highest BCUT2D eigenvalue weighted by Crippen LogP contribution is 2.32. The molecule has 1 aliphatic carbocycles. The number of carbonyl (C=O) groups is 2. The third-order valence-electron chi connectivity index (χ3n) is 4.91. The van der Waals surface area contributed by atoms with Gasteiger partial charge in [-0.05, 0) is 68.7 Å². The highest BCUT2D eigenvalue weighted by atomic mass is 32.1. The molecule has 0 saturated carbocycles. The van der Waals surface area contributed by atoms with E-state index in [0.29, 0.717) is 10.8 Å². The standard InChI is InChI=1S/C21H25NO3S/c1-12-8-9-17-16(10-12)11-18(26-17)21(24)25-15(4)20(23)22-19-13(2)6-5-7-14(19)3/h5-7,11-12,15H,8-10H2,1-4H3,(H,22,23)/t12-,15+/m1/s1. The van der Waals surface area contributed by atoms with Crippen LogP contribution in [0.2, 0.25) is 0 Å². The van der Waals surface area contributed by atoms with Gasteiger partial charge in [0.15, 0.2) is 6.10 Å². The van der Waals surface area contributed by atoms with Crippen molar-refractivity contribution in [3.05, 3.63) is 50.7 Å². The molecule has 2 aromatic rings. The first-order valence-corrected chi connectivity index (χ1v) is 9.86. The van der Waals surface area contributed by atoms with Crippen molar-refractivity contribution in [1.82, 2.24) is 0 Å². The monoisotopic (exact) mass is 371 g/mol. The van der Waals surface area contributed by atoms with Crippen LogP contribution in [0, 0.1) is 19.8 Å². The lowest BCUT2D eigenvalue weighted by atomic mass is 9.90. The van der Waals surface area contributed by atoms with E-state index in [4.69, 9.17) is 4.74 Å². The average molecular weight is 372 g/mol. The van der Waals surface area contributed by atoms with Gasteiger partial charge < -0.3 is 10.1 Å². The van der Waals surface area contributed by atoms with Crippen molar-refractivity contribution in [2.24, 2.45) is 5.92 Å². The SMILES string of the molecule is Cc1cccc(C)c1NC(=O)[C@H](C)OC(=O)c1cc2c(s1)CC[C@@H](C)C2. The summed E-state index contributed by atoms with van der Waals surface area (Å²) in [6.07, 6.45) is 2.36. The lowest BCUT2D eigenvalue weighted by Crippen LogP contribution is -2.30. The van der Waals surface area contributed by atoms with E-state index in [-0.39, 0.29) is 5.91 Å². The highest BCUT2D eigenvalue weighted by molar-refractivity contribution is 7.14. The van der Waals surface area contributed by atoms with E-state index in [1.807, 2.05) is 38.1 Å².